The van der Waals surface area contributed by atoms with E-state index in [9.17, 15) is 4.79 Å². The maximum atomic E-state index is 11.5. The zero-order valence-electron chi connectivity index (χ0n) is 12.6. The summed E-state index contributed by atoms with van der Waals surface area (Å²) in [6.07, 6.45) is 0.836. The summed E-state index contributed by atoms with van der Waals surface area (Å²) in [6.45, 7) is 6.26. The van der Waals surface area contributed by atoms with E-state index < -0.39 is 0 Å². The third-order valence-electron chi connectivity index (χ3n) is 3.55. The Morgan fingerprint density at radius 1 is 1.05 bits per heavy atom. The predicted molar refractivity (Wildman–Crippen MR) is 81.3 cm³/mol. The smallest absolute Gasteiger partial charge is 0.172 e. The van der Waals surface area contributed by atoms with Gasteiger partial charge >= 0.3 is 0 Å². The first-order valence-corrected chi connectivity index (χ1v) is 6.68. The van der Waals surface area contributed by atoms with E-state index in [1.165, 1.54) is 0 Å². The molecule has 0 amide bonds. The first-order chi connectivity index (χ1) is 9.54. The quantitative estimate of drug-likeness (QED) is 0.786. The highest BCUT2D eigenvalue weighted by molar-refractivity contribution is 6.04. The van der Waals surface area contributed by atoms with Crippen LogP contribution >= 0.6 is 0 Å². The minimum atomic E-state index is 0.267. The molecule has 0 atom stereocenters. The fraction of sp³-hybridized carbons (Fsp3) is 0.353. The second kappa shape index (κ2) is 5.53. The number of rotatable bonds is 4. The average molecular weight is 272 g/mol. The van der Waals surface area contributed by atoms with E-state index in [1.807, 2.05) is 19.1 Å². The molecule has 0 aliphatic heterocycles. The third-order valence-corrected chi connectivity index (χ3v) is 3.55. The lowest BCUT2D eigenvalue weighted by Gasteiger charge is -2.20. The number of carbonyl (C=O) groups excluding carboxylic acids is 1. The molecule has 0 radical (unpaired) electrons. The second-order valence-corrected chi connectivity index (χ2v) is 5.22. The van der Waals surface area contributed by atoms with Crippen LogP contribution in [-0.4, -0.2) is 20.5 Å². The molecule has 0 bridgehead atoms. The third kappa shape index (κ3) is 2.13. The Kier molecular flexibility index (Phi) is 3.98. The maximum absolute atomic E-state index is 11.5. The molecule has 0 spiro atoms. The van der Waals surface area contributed by atoms with Crippen LogP contribution in [0.25, 0.3) is 10.8 Å². The van der Waals surface area contributed by atoms with Gasteiger partial charge in [0.15, 0.2) is 17.8 Å². The number of aldehydes is 1. The fourth-order valence-corrected chi connectivity index (χ4v) is 2.70. The number of benzene rings is 2. The number of carbonyl (C=O) groups is 1. The van der Waals surface area contributed by atoms with Gasteiger partial charge in [-0.15, -0.1) is 0 Å². The Labute approximate surface area is 119 Å². The minimum Gasteiger partial charge on any atom is -0.493 e. The Morgan fingerprint density at radius 2 is 1.70 bits per heavy atom. The lowest BCUT2D eigenvalue weighted by molar-refractivity contribution is 0.112. The van der Waals surface area contributed by atoms with Crippen LogP contribution in [0.4, 0.5) is 0 Å². The number of hydrogen-bond acceptors (Lipinski definition) is 3. The van der Waals surface area contributed by atoms with Crippen LogP contribution in [-0.2, 0) is 0 Å². The highest BCUT2D eigenvalue weighted by Crippen LogP contribution is 2.44. The van der Waals surface area contributed by atoms with E-state index in [0.29, 0.717) is 17.1 Å². The van der Waals surface area contributed by atoms with Gasteiger partial charge in [0, 0.05) is 5.56 Å². The van der Waals surface area contributed by atoms with E-state index in [-0.39, 0.29) is 5.92 Å². The average Bonchev–Trinajstić information content (AvgIpc) is 2.43. The predicted octanol–water partition coefficient (Wildman–Crippen LogP) is 4.10. The molecule has 3 nitrogen and oxygen atoms in total. The lowest BCUT2D eigenvalue weighted by Crippen LogP contribution is -2.03. The molecule has 0 unspecified atom stereocenters. The number of methoxy groups -OCH3 is 2. The monoisotopic (exact) mass is 272 g/mol. The van der Waals surface area contributed by atoms with Crippen molar-refractivity contribution in [2.45, 2.75) is 26.7 Å². The van der Waals surface area contributed by atoms with Gasteiger partial charge in [0.1, 0.15) is 0 Å². The summed E-state index contributed by atoms with van der Waals surface area (Å²) < 4.78 is 11.0. The minimum absolute atomic E-state index is 0.267. The van der Waals surface area contributed by atoms with Gasteiger partial charge in [-0.1, -0.05) is 37.6 Å². The SMILES string of the molecule is COc1c(OC)c(C(C)C)c2cc(C)ccc2c1C=O. The van der Waals surface area contributed by atoms with Crippen molar-refractivity contribution < 1.29 is 14.3 Å². The Bertz CT molecular complexity index is 657. The zero-order valence-corrected chi connectivity index (χ0v) is 12.6. The Balaban J connectivity index is 3.05. The van der Waals surface area contributed by atoms with E-state index in [0.717, 1.165) is 28.2 Å². The number of aryl methyl sites for hydroxylation is 1. The standard InChI is InChI=1S/C17H20O3/c1-10(2)15-13-8-11(3)6-7-12(13)14(9-18)16(19-4)17(15)20-5/h6-10H,1-5H3. The van der Waals surface area contributed by atoms with Crippen LogP contribution in [0.15, 0.2) is 18.2 Å². The molecular weight excluding hydrogens is 252 g/mol. The summed E-state index contributed by atoms with van der Waals surface area (Å²) >= 11 is 0. The van der Waals surface area contributed by atoms with Gasteiger partial charge in [0.05, 0.1) is 19.8 Å². The zero-order chi connectivity index (χ0) is 14.9. The first kappa shape index (κ1) is 14.4. The van der Waals surface area contributed by atoms with Gasteiger partial charge in [0.25, 0.3) is 0 Å². The van der Waals surface area contributed by atoms with Gasteiger partial charge in [-0.05, 0) is 23.6 Å². The largest absolute Gasteiger partial charge is 0.493 e. The first-order valence-electron chi connectivity index (χ1n) is 6.68. The normalized spacial score (nSPS) is 10.9. The van der Waals surface area contributed by atoms with E-state index in [1.54, 1.807) is 14.2 Å². The lowest BCUT2D eigenvalue weighted by atomic mass is 9.90. The molecule has 0 aromatic heterocycles. The molecule has 0 fully saturated rings. The summed E-state index contributed by atoms with van der Waals surface area (Å²) in [5.41, 5.74) is 2.78. The molecule has 2 aromatic carbocycles. The summed E-state index contributed by atoms with van der Waals surface area (Å²) in [5.74, 6) is 1.44. The highest BCUT2D eigenvalue weighted by Gasteiger charge is 2.22. The molecule has 0 aliphatic carbocycles. The van der Waals surface area contributed by atoms with Crippen molar-refractivity contribution in [3.05, 3.63) is 34.9 Å². The van der Waals surface area contributed by atoms with Crippen molar-refractivity contribution in [2.75, 3.05) is 14.2 Å². The number of fused-ring (bicyclic) bond motifs is 1. The second-order valence-electron chi connectivity index (χ2n) is 5.22. The van der Waals surface area contributed by atoms with Gasteiger partial charge in [-0.25, -0.2) is 0 Å². The molecule has 3 heteroatoms. The molecule has 106 valence electrons. The van der Waals surface area contributed by atoms with Crippen LogP contribution in [0.3, 0.4) is 0 Å². The molecule has 2 rings (SSSR count). The molecular formula is C17H20O3. The van der Waals surface area contributed by atoms with E-state index in [2.05, 4.69) is 19.9 Å². The van der Waals surface area contributed by atoms with Crippen molar-refractivity contribution in [1.82, 2.24) is 0 Å². The van der Waals surface area contributed by atoms with E-state index in [4.69, 9.17) is 9.47 Å². The fourth-order valence-electron chi connectivity index (χ4n) is 2.70. The molecule has 0 saturated carbocycles. The molecule has 0 saturated heterocycles. The van der Waals surface area contributed by atoms with Crippen LogP contribution in [0, 0.1) is 6.92 Å². The molecule has 0 heterocycles. The maximum Gasteiger partial charge on any atom is 0.172 e. The van der Waals surface area contributed by atoms with Crippen LogP contribution in [0.2, 0.25) is 0 Å². The molecule has 0 aliphatic rings. The van der Waals surface area contributed by atoms with Crippen molar-refractivity contribution in [3.8, 4) is 11.5 Å². The van der Waals surface area contributed by atoms with Gasteiger partial charge < -0.3 is 9.47 Å². The number of hydrogen-bond donors (Lipinski definition) is 0. The van der Waals surface area contributed by atoms with Crippen LogP contribution in [0.5, 0.6) is 11.5 Å². The topological polar surface area (TPSA) is 35.5 Å². The summed E-state index contributed by atoms with van der Waals surface area (Å²) in [5, 5.41) is 1.96. The summed E-state index contributed by atoms with van der Waals surface area (Å²) in [6, 6.07) is 6.08. The Hall–Kier alpha value is -2.03. The van der Waals surface area contributed by atoms with Gasteiger partial charge in [-0.3, -0.25) is 4.79 Å². The molecule has 0 N–H and O–H groups in total. The van der Waals surface area contributed by atoms with Gasteiger partial charge in [-0.2, -0.15) is 0 Å². The van der Waals surface area contributed by atoms with Crippen molar-refractivity contribution in [1.29, 1.82) is 0 Å². The molecule has 20 heavy (non-hydrogen) atoms. The van der Waals surface area contributed by atoms with Crippen LogP contribution < -0.4 is 9.47 Å². The van der Waals surface area contributed by atoms with Crippen molar-refractivity contribution in [2.24, 2.45) is 0 Å². The summed E-state index contributed by atoms with van der Waals surface area (Å²) in [7, 11) is 3.18. The molecule has 2 aromatic rings. The van der Waals surface area contributed by atoms with Gasteiger partial charge in [0.2, 0.25) is 0 Å². The van der Waals surface area contributed by atoms with E-state index >= 15 is 0 Å². The summed E-state index contributed by atoms with van der Waals surface area (Å²) in [4.78, 5) is 11.5. The van der Waals surface area contributed by atoms with Crippen LogP contribution in [0.1, 0.15) is 41.3 Å². The number of ether oxygens (including phenoxy) is 2. The Morgan fingerprint density at radius 3 is 2.20 bits per heavy atom. The van der Waals surface area contributed by atoms with Crippen molar-refractivity contribution >= 4 is 17.1 Å². The van der Waals surface area contributed by atoms with Crippen molar-refractivity contribution in [3.63, 3.8) is 0 Å². The highest BCUT2D eigenvalue weighted by atomic mass is 16.5.